The van der Waals surface area contributed by atoms with Crippen LogP contribution < -0.4 is 9.47 Å². The maximum Gasteiger partial charge on any atom is 0.303 e. The first-order valence-electron chi connectivity index (χ1n) is 5.40. The molecule has 1 aromatic rings. The number of aryl methyl sites for hydroxylation is 1. The van der Waals surface area contributed by atoms with Crippen molar-refractivity contribution >= 4 is 5.97 Å². The zero-order valence-corrected chi connectivity index (χ0v) is 9.70. The molecular formula is C12H12F2O4. The van der Waals surface area contributed by atoms with Crippen LogP contribution in [0.4, 0.5) is 8.78 Å². The number of hydrogen-bond donors (Lipinski definition) is 1. The largest absolute Gasteiger partial charge is 0.481 e. The summed E-state index contributed by atoms with van der Waals surface area (Å²) in [5.74, 6) is -3.73. The average Bonchev–Trinajstić information content (AvgIpc) is 2.72. The second-order valence-electron chi connectivity index (χ2n) is 4.12. The Morgan fingerprint density at radius 1 is 1.39 bits per heavy atom. The number of carboxylic acid groups (broad SMARTS) is 1. The Balaban J connectivity index is 2.29. The summed E-state index contributed by atoms with van der Waals surface area (Å²) in [7, 11) is 0. The zero-order valence-electron chi connectivity index (χ0n) is 9.70. The average molecular weight is 258 g/mol. The predicted octanol–water partition coefficient (Wildman–Crippen LogP) is 2.68. The van der Waals surface area contributed by atoms with Crippen LogP contribution in [0, 0.1) is 6.92 Å². The van der Waals surface area contributed by atoms with Gasteiger partial charge in [-0.15, -0.1) is 0 Å². The Hall–Kier alpha value is -1.85. The maximum atomic E-state index is 13.9. The lowest BCUT2D eigenvalue weighted by molar-refractivity contribution is -0.139. The molecule has 0 bridgehead atoms. The van der Waals surface area contributed by atoms with Crippen LogP contribution in [0.15, 0.2) is 12.1 Å². The summed E-state index contributed by atoms with van der Waals surface area (Å²) in [5, 5.41) is 8.47. The second kappa shape index (κ2) is 4.44. The van der Waals surface area contributed by atoms with E-state index in [1.165, 1.54) is 19.1 Å². The van der Waals surface area contributed by atoms with Crippen LogP contribution in [-0.4, -0.2) is 17.9 Å². The number of aliphatic carboxylic acids is 1. The van der Waals surface area contributed by atoms with Gasteiger partial charge in [-0.1, -0.05) is 0 Å². The Labute approximate surface area is 102 Å². The van der Waals surface area contributed by atoms with Crippen molar-refractivity contribution in [1.29, 1.82) is 0 Å². The highest BCUT2D eigenvalue weighted by atomic mass is 19.3. The fourth-order valence-electron chi connectivity index (χ4n) is 1.84. The van der Waals surface area contributed by atoms with Gasteiger partial charge in [-0.25, -0.2) is 8.78 Å². The molecule has 0 unspecified atom stereocenters. The van der Waals surface area contributed by atoms with Crippen molar-refractivity contribution in [2.45, 2.75) is 25.7 Å². The molecule has 1 N–H and O–H groups in total. The fourth-order valence-corrected chi connectivity index (χ4v) is 1.84. The number of carbonyl (C=O) groups is 1. The molecule has 1 aliphatic rings. The standard InChI is InChI=1S/C12H12F2O4/c1-7-4-9-10(18-6-17-9)5-8(7)12(13,14)3-2-11(15)16/h4-5H,2-3,6H2,1H3,(H,15,16). The Morgan fingerprint density at radius 3 is 2.61 bits per heavy atom. The fraction of sp³-hybridized carbons (Fsp3) is 0.417. The second-order valence-corrected chi connectivity index (χ2v) is 4.12. The first-order chi connectivity index (χ1) is 8.40. The predicted molar refractivity (Wildman–Crippen MR) is 58.1 cm³/mol. The molecule has 0 aliphatic carbocycles. The van der Waals surface area contributed by atoms with E-state index >= 15 is 0 Å². The SMILES string of the molecule is Cc1cc2c(cc1C(F)(F)CCC(=O)O)OCO2. The Kier molecular flexibility index (Phi) is 3.11. The number of rotatable bonds is 4. The van der Waals surface area contributed by atoms with Crippen molar-refractivity contribution in [2.24, 2.45) is 0 Å². The third-order valence-electron chi connectivity index (χ3n) is 2.77. The third kappa shape index (κ3) is 2.37. The summed E-state index contributed by atoms with van der Waals surface area (Å²) in [6.45, 7) is 1.55. The van der Waals surface area contributed by atoms with Crippen molar-refractivity contribution in [1.82, 2.24) is 0 Å². The number of alkyl halides is 2. The lowest BCUT2D eigenvalue weighted by Gasteiger charge is -2.18. The van der Waals surface area contributed by atoms with E-state index < -0.39 is 24.7 Å². The monoisotopic (exact) mass is 258 g/mol. The van der Waals surface area contributed by atoms with E-state index in [4.69, 9.17) is 14.6 Å². The summed E-state index contributed by atoms with van der Waals surface area (Å²) < 4.78 is 37.9. The van der Waals surface area contributed by atoms with Crippen LogP contribution in [0.3, 0.4) is 0 Å². The van der Waals surface area contributed by atoms with Crippen LogP contribution in [0.5, 0.6) is 11.5 Å². The molecule has 0 fully saturated rings. The van der Waals surface area contributed by atoms with E-state index in [2.05, 4.69) is 0 Å². The number of ether oxygens (including phenoxy) is 2. The maximum absolute atomic E-state index is 13.9. The Bertz CT molecular complexity index is 485. The minimum atomic E-state index is -3.19. The van der Waals surface area contributed by atoms with Crippen LogP contribution in [-0.2, 0) is 10.7 Å². The highest BCUT2D eigenvalue weighted by molar-refractivity contribution is 5.66. The molecule has 4 nitrogen and oxygen atoms in total. The van der Waals surface area contributed by atoms with Gasteiger partial charge in [0.15, 0.2) is 11.5 Å². The summed E-state index contributed by atoms with van der Waals surface area (Å²) in [6, 6.07) is 2.70. The molecule has 6 heteroatoms. The molecule has 0 saturated heterocycles. The van der Waals surface area contributed by atoms with Crippen molar-refractivity contribution in [3.8, 4) is 11.5 Å². The molecule has 18 heavy (non-hydrogen) atoms. The summed E-state index contributed by atoms with van der Waals surface area (Å²) in [6.07, 6.45) is -1.32. The van der Waals surface area contributed by atoms with Crippen molar-refractivity contribution < 1.29 is 28.2 Å². The molecule has 1 heterocycles. The van der Waals surface area contributed by atoms with Gasteiger partial charge in [-0.3, -0.25) is 4.79 Å². The lowest BCUT2D eigenvalue weighted by atomic mass is 9.98. The number of halogens is 2. The number of hydrogen-bond acceptors (Lipinski definition) is 3. The molecule has 1 aliphatic heterocycles. The van der Waals surface area contributed by atoms with E-state index in [0.29, 0.717) is 11.3 Å². The topological polar surface area (TPSA) is 55.8 Å². The van der Waals surface area contributed by atoms with Crippen molar-refractivity contribution in [3.05, 3.63) is 23.3 Å². The lowest BCUT2D eigenvalue weighted by Crippen LogP contribution is -2.16. The summed E-state index contributed by atoms with van der Waals surface area (Å²) >= 11 is 0. The van der Waals surface area contributed by atoms with Gasteiger partial charge in [-0.05, 0) is 24.6 Å². The van der Waals surface area contributed by atoms with Crippen LogP contribution in [0.2, 0.25) is 0 Å². The van der Waals surface area contributed by atoms with Gasteiger partial charge in [0.1, 0.15) is 0 Å². The van der Waals surface area contributed by atoms with E-state index in [1.807, 2.05) is 0 Å². The Morgan fingerprint density at radius 2 is 2.00 bits per heavy atom. The third-order valence-corrected chi connectivity index (χ3v) is 2.77. The van der Waals surface area contributed by atoms with Crippen LogP contribution in [0.25, 0.3) is 0 Å². The molecule has 0 spiro atoms. The summed E-state index contributed by atoms with van der Waals surface area (Å²) in [5.41, 5.74) is 0.141. The minimum absolute atomic E-state index is 0.0128. The van der Waals surface area contributed by atoms with Gasteiger partial charge in [0.2, 0.25) is 6.79 Å². The summed E-state index contributed by atoms with van der Waals surface area (Å²) in [4.78, 5) is 10.4. The van der Waals surface area contributed by atoms with E-state index in [-0.39, 0.29) is 18.1 Å². The van der Waals surface area contributed by atoms with Gasteiger partial charge >= 0.3 is 5.97 Å². The van der Waals surface area contributed by atoms with Crippen LogP contribution >= 0.6 is 0 Å². The normalized spacial score (nSPS) is 13.7. The first kappa shape index (κ1) is 12.6. The minimum Gasteiger partial charge on any atom is -0.481 e. The highest BCUT2D eigenvalue weighted by Crippen LogP contribution is 2.42. The molecule has 1 aromatic carbocycles. The van der Waals surface area contributed by atoms with Gasteiger partial charge in [0.25, 0.3) is 5.92 Å². The van der Waals surface area contributed by atoms with Gasteiger partial charge in [-0.2, -0.15) is 0 Å². The molecule has 2 rings (SSSR count). The number of fused-ring (bicyclic) bond motifs is 1. The molecule has 0 amide bonds. The van der Waals surface area contributed by atoms with Crippen molar-refractivity contribution in [3.63, 3.8) is 0 Å². The first-order valence-corrected chi connectivity index (χ1v) is 5.40. The number of benzene rings is 1. The molecule has 0 atom stereocenters. The van der Waals surface area contributed by atoms with Crippen LogP contribution in [0.1, 0.15) is 24.0 Å². The quantitative estimate of drug-likeness (QED) is 0.902. The van der Waals surface area contributed by atoms with Gasteiger partial charge in [0, 0.05) is 12.0 Å². The van der Waals surface area contributed by atoms with E-state index in [0.717, 1.165) is 0 Å². The van der Waals surface area contributed by atoms with Crippen molar-refractivity contribution in [2.75, 3.05) is 6.79 Å². The molecule has 0 radical (unpaired) electrons. The molecule has 0 saturated carbocycles. The van der Waals surface area contributed by atoms with Gasteiger partial charge < -0.3 is 14.6 Å². The number of carboxylic acids is 1. The molecular weight excluding hydrogens is 246 g/mol. The zero-order chi connectivity index (χ0) is 13.3. The highest BCUT2D eigenvalue weighted by Gasteiger charge is 2.35. The molecule has 0 aromatic heterocycles. The smallest absolute Gasteiger partial charge is 0.303 e. The van der Waals surface area contributed by atoms with Gasteiger partial charge in [0.05, 0.1) is 6.42 Å². The molecule has 98 valence electrons. The van der Waals surface area contributed by atoms with E-state index in [1.54, 1.807) is 0 Å². The van der Waals surface area contributed by atoms with E-state index in [9.17, 15) is 13.6 Å².